The van der Waals surface area contributed by atoms with Crippen LogP contribution in [0.5, 0.6) is 0 Å². The summed E-state index contributed by atoms with van der Waals surface area (Å²) in [7, 11) is 0. The molecule has 0 radical (unpaired) electrons. The number of thioether (sulfide) groups is 1. The van der Waals surface area contributed by atoms with Gasteiger partial charge in [0.1, 0.15) is 5.54 Å². The lowest BCUT2D eigenvalue weighted by molar-refractivity contribution is -0.155. The van der Waals surface area contributed by atoms with Crippen molar-refractivity contribution in [2.75, 3.05) is 12.3 Å². The molecule has 1 amide bonds. The first kappa shape index (κ1) is 17.6. The molecule has 0 spiro atoms. The molecule has 0 saturated heterocycles. The van der Waals surface area contributed by atoms with Gasteiger partial charge in [0, 0.05) is 12.3 Å². The number of benzene rings is 1. The molecular weight excluding hydrogens is 286 g/mol. The van der Waals surface area contributed by atoms with Gasteiger partial charge in [0.15, 0.2) is 0 Å². The molecule has 0 saturated carbocycles. The zero-order valence-corrected chi connectivity index (χ0v) is 13.9. The normalized spacial score (nSPS) is 11.2. The van der Waals surface area contributed by atoms with Crippen LogP contribution in [0.2, 0.25) is 0 Å². The fourth-order valence-corrected chi connectivity index (χ4v) is 2.98. The highest BCUT2D eigenvalue weighted by Gasteiger charge is 2.36. The Kier molecular flexibility index (Phi) is 6.27. The number of hydrogen-bond donors (Lipinski definition) is 1. The maximum Gasteiger partial charge on any atom is 0.329 e. The van der Waals surface area contributed by atoms with Crippen LogP contribution >= 0.6 is 11.8 Å². The Morgan fingerprint density at radius 1 is 1.33 bits per heavy atom. The molecule has 21 heavy (non-hydrogen) atoms. The Balaban J connectivity index is 2.58. The minimum absolute atomic E-state index is 0.137. The van der Waals surface area contributed by atoms with Crippen molar-refractivity contribution in [2.24, 2.45) is 0 Å². The molecule has 0 unspecified atom stereocenters. The topological polar surface area (TPSA) is 57.6 Å². The number of hydrogen-bond acceptors (Lipinski definition) is 3. The second-order valence-corrected chi connectivity index (χ2v) is 6.47. The van der Waals surface area contributed by atoms with Gasteiger partial charge in [-0.3, -0.25) is 4.79 Å². The molecule has 1 aromatic carbocycles. The number of likely N-dealkylation sites (N-methyl/N-ethyl adjacent to an activating group) is 1. The Bertz CT molecular complexity index is 514. The van der Waals surface area contributed by atoms with E-state index in [4.69, 9.17) is 0 Å². The summed E-state index contributed by atoms with van der Waals surface area (Å²) in [6.07, 6.45) is 0. The molecule has 5 heteroatoms. The Labute approximate surface area is 130 Å². The highest BCUT2D eigenvalue weighted by atomic mass is 32.2. The van der Waals surface area contributed by atoms with E-state index < -0.39 is 11.5 Å². The number of carboxylic acids is 1. The molecule has 0 bridgehead atoms. The molecule has 0 atom stereocenters. The zero-order valence-electron chi connectivity index (χ0n) is 13.0. The van der Waals surface area contributed by atoms with Crippen LogP contribution in [0, 0.1) is 6.92 Å². The predicted octanol–water partition coefficient (Wildman–Crippen LogP) is 2.94. The van der Waals surface area contributed by atoms with Crippen LogP contribution in [0.4, 0.5) is 0 Å². The molecule has 0 fully saturated rings. The van der Waals surface area contributed by atoms with Gasteiger partial charge in [-0.25, -0.2) is 4.79 Å². The van der Waals surface area contributed by atoms with E-state index in [9.17, 15) is 14.7 Å². The van der Waals surface area contributed by atoms with Gasteiger partial charge in [0.25, 0.3) is 0 Å². The lowest BCUT2D eigenvalue weighted by atomic mass is 10.0. The van der Waals surface area contributed by atoms with Gasteiger partial charge in [-0.15, -0.1) is 11.8 Å². The van der Waals surface area contributed by atoms with E-state index in [0.29, 0.717) is 12.3 Å². The van der Waals surface area contributed by atoms with Crippen molar-refractivity contribution in [1.29, 1.82) is 0 Å². The summed E-state index contributed by atoms with van der Waals surface area (Å²) in [5.74, 6) is -0.0827. The second-order valence-electron chi connectivity index (χ2n) is 5.48. The first-order valence-electron chi connectivity index (χ1n) is 6.96. The van der Waals surface area contributed by atoms with Crippen LogP contribution in [-0.2, 0) is 15.3 Å². The molecule has 4 nitrogen and oxygen atoms in total. The number of carbonyl (C=O) groups excluding carboxylic acids is 1. The van der Waals surface area contributed by atoms with Gasteiger partial charge in [0.05, 0.1) is 5.75 Å². The summed E-state index contributed by atoms with van der Waals surface area (Å²) in [4.78, 5) is 24.9. The Hall–Kier alpha value is -1.49. The van der Waals surface area contributed by atoms with Gasteiger partial charge >= 0.3 is 5.97 Å². The molecule has 0 aromatic heterocycles. The van der Waals surface area contributed by atoms with Gasteiger partial charge in [-0.1, -0.05) is 29.8 Å². The summed E-state index contributed by atoms with van der Waals surface area (Å²) >= 11 is 1.51. The third-order valence-corrected chi connectivity index (χ3v) is 4.38. The summed E-state index contributed by atoms with van der Waals surface area (Å²) < 4.78 is 0. The molecular formula is C16H23NO3S. The van der Waals surface area contributed by atoms with Crippen LogP contribution < -0.4 is 0 Å². The molecule has 1 aromatic rings. The number of rotatable bonds is 7. The van der Waals surface area contributed by atoms with Gasteiger partial charge in [-0.2, -0.15) is 0 Å². The first-order chi connectivity index (χ1) is 9.78. The van der Waals surface area contributed by atoms with Crippen molar-refractivity contribution < 1.29 is 14.7 Å². The quantitative estimate of drug-likeness (QED) is 0.841. The van der Waals surface area contributed by atoms with Gasteiger partial charge in [0.2, 0.25) is 5.91 Å². The highest BCUT2D eigenvalue weighted by Crippen LogP contribution is 2.19. The number of aryl methyl sites for hydroxylation is 1. The number of amides is 1. The van der Waals surface area contributed by atoms with E-state index in [1.54, 1.807) is 20.8 Å². The van der Waals surface area contributed by atoms with Gasteiger partial charge < -0.3 is 10.0 Å². The van der Waals surface area contributed by atoms with Crippen LogP contribution in [0.3, 0.4) is 0 Å². The monoisotopic (exact) mass is 309 g/mol. The molecule has 0 heterocycles. The summed E-state index contributed by atoms with van der Waals surface area (Å²) in [6.45, 7) is 7.34. The fraction of sp³-hybridized carbons (Fsp3) is 0.500. The van der Waals surface area contributed by atoms with E-state index in [-0.39, 0.29) is 5.91 Å². The maximum atomic E-state index is 12.2. The third kappa shape index (κ3) is 4.77. The maximum absolute atomic E-state index is 12.2. The van der Waals surface area contributed by atoms with Crippen molar-refractivity contribution in [3.8, 4) is 0 Å². The van der Waals surface area contributed by atoms with Crippen molar-refractivity contribution in [3.63, 3.8) is 0 Å². The minimum Gasteiger partial charge on any atom is -0.480 e. The fourth-order valence-electron chi connectivity index (χ4n) is 2.13. The molecule has 1 N–H and O–H groups in total. The van der Waals surface area contributed by atoms with E-state index in [0.717, 1.165) is 5.75 Å². The van der Waals surface area contributed by atoms with E-state index >= 15 is 0 Å². The molecule has 116 valence electrons. The van der Waals surface area contributed by atoms with E-state index in [1.165, 1.54) is 27.8 Å². The molecule has 0 aliphatic carbocycles. The van der Waals surface area contributed by atoms with E-state index in [2.05, 4.69) is 6.07 Å². The lowest BCUT2D eigenvalue weighted by Crippen LogP contribution is -2.53. The summed E-state index contributed by atoms with van der Waals surface area (Å²) in [6, 6.07) is 8.16. The molecule has 0 aliphatic heterocycles. The lowest BCUT2D eigenvalue weighted by Gasteiger charge is -2.34. The van der Waals surface area contributed by atoms with Crippen LogP contribution in [0.1, 0.15) is 31.9 Å². The zero-order chi connectivity index (χ0) is 16.0. The van der Waals surface area contributed by atoms with Crippen molar-refractivity contribution in [3.05, 3.63) is 35.4 Å². The van der Waals surface area contributed by atoms with Crippen LogP contribution in [0.15, 0.2) is 24.3 Å². The van der Waals surface area contributed by atoms with Crippen molar-refractivity contribution >= 4 is 23.6 Å². The van der Waals surface area contributed by atoms with Crippen LogP contribution in [0.25, 0.3) is 0 Å². The smallest absolute Gasteiger partial charge is 0.329 e. The van der Waals surface area contributed by atoms with Crippen molar-refractivity contribution in [1.82, 2.24) is 4.90 Å². The van der Waals surface area contributed by atoms with E-state index in [1.807, 2.05) is 25.1 Å². The van der Waals surface area contributed by atoms with Gasteiger partial charge in [-0.05, 0) is 33.3 Å². The standard InChI is InChI=1S/C16H23NO3S/c1-5-17(16(3,4)15(19)20)14(18)11-21-10-13-8-6-7-12(2)9-13/h6-9H,5,10-11H2,1-4H3,(H,19,20). The molecule has 0 aliphatic rings. The van der Waals surface area contributed by atoms with Crippen molar-refractivity contribution in [2.45, 2.75) is 39.0 Å². The average Bonchev–Trinajstić information content (AvgIpc) is 2.39. The highest BCUT2D eigenvalue weighted by molar-refractivity contribution is 7.99. The Morgan fingerprint density at radius 2 is 2.00 bits per heavy atom. The average molecular weight is 309 g/mol. The number of carboxylic acid groups (broad SMARTS) is 1. The summed E-state index contributed by atoms with van der Waals surface area (Å²) in [5, 5.41) is 9.22. The summed E-state index contributed by atoms with van der Waals surface area (Å²) in [5.41, 5.74) is 1.20. The number of aliphatic carboxylic acids is 1. The number of carbonyl (C=O) groups is 2. The predicted molar refractivity (Wildman–Crippen MR) is 86.4 cm³/mol. The van der Waals surface area contributed by atoms with Crippen LogP contribution in [-0.4, -0.2) is 39.7 Å². The third-order valence-electron chi connectivity index (χ3n) is 3.39. The largest absolute Gasteiger partial charge is 0.480 e. The second kappa shape index (κ2) is 7.50. The Morgan fingerprint density at radius 3 is 2.52 bits per heavy atom. The number of nitrogens with zero attached hydrogens (tertiary/aromatic N) is 1. The minimum atomic E-state index is -1.17. The first-order valence-corrected chi connectivity index (χ1v) is 8.11. The molecule has 1 rings (SSSR count). The SMILES string of the molecule is CCN(C(=O)CSCc1cccc(C)c1)C(C)(C)C(=O)O.